The minimum atomic E-state index is -0.146. The van der Waals surface area contributed by atoms with Crippen LogP contribution in [0.15, 0.2) is 81.3 Å². The highest BCUT2D eigenvalue weighted by molar-refractivity contribution is 7.99. The molecule has 0 spiro atoms. The van der Waals surface area contributed by atoms with Crippen molar-refractivity contribution in [2.45, 2.75) is 18.6 Å². The van der Waals surface area contributed by atoms with Gasteiger partial charge in [0.1, 0.15) is 5.76 Å². The molecule has 0 aliphatic heterocycles. The number of para-hydroxylation sites is 1. The lowest BCUT2D eigenvalue weighted by Crippen LogP contribution is -2.24. The molecule has 0 saturated heterocycles. The highest BCUT2D eigenvalue weighted by atomic mass is 32.2. The van der Waals surface area contributed by atoms with Crippen molar-refractivity contribution in [1.29, 1.82) is 0 Å². The van der Waals surface area contributed by atoms with Crippen molar-refractivity contribution >= 4 is 28.4 Å². The van der Waals surface area contributed by atoms with Gasteiger partial charge >= 0.3 is 0 Å². The third kappa shape index (κ3) is 3.77. The maximum Gasteiger partial charge on any atom is 0.262 e. The van der Waals surface area contributed by atoms with Crippen molar-refractivity contribution in [3.05, 3.63) is 94.2 Å². The van der Waals surface area contributed by atoms with Gasteiger partial charge in [0.05, 0.1) is 29.5 Å². The Balaban J connectivity index is 1.67. The van der Waals surface area contributed by atoms with Gasteiger partial charge in [-0.1, -0.05) is 53.7 Å². The number of nitrogens with zero attached hydrogens (tertiary/aromatic N) is 2. The van der Waals surface area contributed by atoms with Gasteiger partial charge in [0.15, 0.2) is 10.9 Å². The quantitative estimate of drug-likeness (QED) is 0.279. The van der Waals surface area contributed by atoms with Crippen LogP contribution in [0.25, 0.3) is 10.9 Å². The largest absolute Gasteiger partial charge is 0.467 e. The molecule has 0 fully saturated rings. The SMILES string of the molecule is Cc1ccc(C(=O)CSc2nc3ccccc3c(=O)n2Cc2ccco2)cc1. The van der Waals surface area contributed by atoms with Gasteiger partial charge in [-0.05, 0) is 31.2 Å². The Hall–Kier alpha value is -3.12. The number of thioether (sulfide) groups is 1. The van der Waals surface area contributed by atoms with Crippen LogP contribution in [0.2, 0.25) is 0 Å². The number of furan rings is 1. The van der Waals surface area contributed by atoms with E-state index in [9.17, 15) is 9.59 Å². The zero-order valence-corrected chi connectivity index (χ0v) is 16.1. The Morgan fingerprint density at radius 1 is 1.07 bits per heavy atom. The van der Waals surface area contributed by atoms with E-state index in [4.69, 9.17) is 4.42 Å². The molecule has 2 aromatic carbocycles. The molecule has 0 amide bonds. The number of Topliss-reactive ketones (excluding diaryl/α,β-unsaturated/α-hetero) is 1. The second kappa shape index (κ2) is 7.86. The van der Waals surface area contributed by atoms with Crippen LogP contribution in [0.3, 0.4) is 0 Å². The van der Waals surface area contributed by atoms with Crippen molar-refractivity contribution in [3.63, 3.8) is 0 Å². The first-order chi connectivity index (χ1) is 13.6. The fourth-order valence-electron chi connectivity index (χ4n) is 2.91. The van der Waals surface area contributed by atoms with Gasteiger partial charge in [-0.2, -0.15) is 0 Å². The molecule has 2 heterocycles. The molecule has 0 bridgehead atoms. The van der Waals surface area contributed by atoms with Crippen molar-refractivity contribution < 1.29 is 9.21 Å². The second-order valence-electron chi connectivity index (χ2n) is 6.46. The van der Waals surface area contributed by atoms with Crippen LogP contribution in [0, 0.1) is 6.92 Å². The minimum Gasteiger partial charge on any atom is -0.467 e. The van der Waals surface area contributed by atoms with Gasteiger partial charge in [-0.25, -0.2) is 4.98 Å². The monoisotopic (exact) mass is 390 g/mol. The summed E-state index contributed by atoms with van der Waals surface area (Å²) in [6.07, 6.45) is 1.57. The number of carbonyl (C=O) groups is 1. The third-order valence-electron chi connectivity index (χ3n) is 4.43. The maximum atomic E-state index is 13.0. The molecular formula is C22H18N2O3S. The van der Waals surface area contributed by atoms with Crippen LogP contribution < -0.4 is 5.56 Å². The molecule has 0 N–H and O–H groups in total. The number of ketones is 1. The van der Waals surface area contributed by atoms with Crippen molar-refractivity contribution in [2.24, 2.45) is 0 Å². The van der Waals surface area contributed by atoms with Crippen LogP contribution in [-0.2, 0) is 6.54 Å². The molecule has 0 atom stereocenters. The van der Waals surface area contributed by atoms with Gasteiger partial charge in [-0.15, -0.1) is 0 Å². The van der Waals surface area contributed by atoms with Crippen LogP contribution in [0.1, 0.15) is 21.7 Å². The van der Waals surface area contributed by atoms with Gasteiger partial charge in [0.25, 0.3) is 5.56 Å². The molecule has 0 saturated carbocycles. The second-order valence-corrected chi connectivity index (χ2v) is 7.40. The van der Waals surface area contributed by atoms with E-state index in [1.165, 1.54) is 11.8 Å². The molecule has 28 heavy (non-hydrogen) atoms. The molecule has 4 rings (SSSR count). The number of hydrogen-bond donors (Lipinski definition) is 0. The summed E-state index contributed by atoms with van der Waals surface area (Å²) in [4.78, 5) is 30.2. The van der Waals surface area contributed by atoms with Crippen molar-refractivity contribution in [2.75, 3.05) is 5.75 Å². The number of carbonyl (C=O) groups excluding carboxylic acids is 1. The van der Waals surface area contributed by atoms with Crippen LogP contribution in [0.4, 0.5) is 0 Å². The van der Waals surface area contributed by atoms with E-state index >= 15 is 0 Å². The number of aromatic nitrogens is 2. The smallest absolute Gasteiger partial charge is 0.262 e. The fourth-order valence-corrected chi connectivity index (χ4v) is 3.80. The highest BCUT2D eigenvalue weighted by Gasteiger charge is 2.15. The van der Waals surface area contributed by atoms with E-state index in [-0.39, 0.29) is 23.6 Å². The predicted molar refractivity (Wildman–Crippen MR) is 110 cm³/mol. The molecule has 0 unspecified atom stereocenters. The number of aryl methyl sites for hydroxylation is 1. The Kier molecular flexibility index (Phi) is 5.12. The first-order valence-corrected chi connectivity index (χ1v) is 9.85. The van der Waals surface area contributed by atoms with Crippen LogP contribution >= 0.6 is 11.8 Å². The zero-order valence-electron chi connectivity index (χ0n) is 15.3. The average Bonchev–Trinajstić information content (AvgIpc) is 3.22. The lowest BCUT2D eigenvalue weighted by molar-refractivity contribution is 0.102. The van der Waals surface area contributed by atoms with Gasteiger partial charge in [0.2, 0.25) is 0 Å². The number of hydrogen-bond acceptors (Lipinski definition) is 5. The predicted octanol–water partition coefficient (Wildman–Crippen LogP) is 4.32. The lowest BCUT2D eigenvalue weighted by atomic mass is 10.1. The number of benzene rings is 2. The fraction of sp³-hybridized carbons (Fsp3) is 0.136. The molecule has 5 nitrogen and oxygen atoms in total. The van der Waals surface area contributed by atoms with E-state index in [0.717, 1.165) is 5.56 Å². The summed E-state index contributed by atoms with van der Waals surface area (Å²) < 4.78 is 6.97. The standard InChI is InChI=1S/C22H18N2O3S/c1-15-8-10-16(11-9-15)20(25)14-28-22-23-19-7-3-2-6-18(19)21(26)24(22)13-17-5-4-12-27-17/h2-12H,13-14H2,1H3. The Bertz CT molecular complexity index is 1180. The third-order valence-corrected chi connectivity index (χ3v) is 5.40. The summed E-state index contributed by atoms with van der Waals surface area (Å²) >= 11 is 1.27. The first kappa shape index (κ1) is 18.3. The average molecular weight is 390 g/mol. The molecule has 140 valence electrons. The molecule has 6 heteroatoms. The molecule has 4 aromatic rings. The highest BCUT2D eigenvalue weighted by Crippen LogP contribution is 2.20. The number of rotatable bonds is 6. The van der Waals surface area contributed by atoms with Crippen molar-refractivity contribution in [1.82, 2.24) is 9.55 Å². The Morgan fingerprint density at radius 3 is 2.61 bits per heavy atom. The number of fused-ring (bicyclic) bond motifs is 1. The van der Waals surface area contributed by atoms with Gasteiger partial charge in [0, 0.05) is 5.56 Å². The molecule has 0 aliphatic carbocycles. The minimum absolute atomic E-state index is 0.00282. The molecule has 0 radical (unpaired) electrons. The normalized spacial score (nSPS) is 11.0. The summed E-state index contributed by atoms with van der Waals surface area (Å²) in [5, 5.41) is 1.05. The lowest BCUT2D eigenvalue weighted by Gasteiger charge is -2.12. The van der Waals surface area contributed by atoms with Crippen LogP contribution in [0.5, 0.6) is 0 Å². The molecule has 2 aromatic heterocycles. The Morgan fingerprint density at radius 2 is 1.86 bits per heavy atom. The first-order valence-electron chi connectivity index (χ1n) is 8.86. The zero-order chi connectivity index (χ0) is 19.5. The molecular weight excluding hydrogens is 372 g/mol. The summed E-state index contributed by atoms with van der Waals surface area (Å²) in [6, 6.07) is 18.3. The van der Waals surface area contributed by atoms with Crippen molar-refractivity contribution in [3.8, 4) is 0 Å². The summed E-state index contributed by atoms with van der Waals surface area (Å²) in [5.41, 5.74) is 2.23. The van der Waals surface area contributed by atoms with E-state index in [2.05, 4.69) is 4.98 Å². The van der Waals surface area contributed by atoms with Crippen LogP contribution in [-0.4, -0.2) is 21.1 Å². The summed E-state index contributed by atoms with van der Waals surface area (Å²) in [5.74, 6) is 0.856. The van der Waals surface area contributed by atoms with Gasteiger partial charge < -0.3 is 4.42 Å². The summed E-state index contributed by atoms with van der Waals surface area (Å²) in [7, 11) is 0. The van der Waals surface area contributed by atoms with E-state index in [0.29, 0.717) is 27.4 Å². The maximum absolute atomic E-state index is 13.0. The summed E-state index contributed by atoms with van der Waals surface area (Å²) in [6.45, 7) is 2.25. The Labute approximate surface area is 166 Å². The van der Waals surface area contributed by atoms with Gasteiger partial charge in [-0.3, -0.25) is 14.2 Å². The van der Waals surface area contributed by atoms with E-state index in [1.807, 2.05) is 49.4 Å². The molecule has 0 aliphatic rings. The van der Waals surface area contributed by atoms with E-state index in [1.54, 1.807) is 29.0 Å². The topological polar surface area (TPSA) is 65.1 Å². The van der Waals surface area contributed by atoms with E-state index < -0.39 is 0 Å².